The number of benzene rings is 2. The summed E-state index contributed by atoms with van der Waals surface area (Å²) in [5.41, 5.74) is 1.18. The van der Waals surface area contributed by atoms with E-state index in [1.165, 1.54) is 5.56 Å². The SMILES string of the molecule is C[C@@H]1NC[C@H](COc2ccc3cc2OCO3)O[C@@H]1c1ccccc1. The average molecular weight is 327 g/mol. The molecule has 2 aliphatic heterocycles. The fraction of sp³-hybridized carbons (Fsp3) is 0.368. The number of ether oxygens (including phenoxy) is 4. The van der Waals surface area contributed by atoms with Gasteiger partial charge < -0.3 is 24.3 Å². The summed E-state index contributed by atoms with van der Waals surface area (Å²) in [6.07, 6.45) is 0.0112. The molecule has 0 aromatic heterocycles. The zero-order chi connectivity index (χ0) is 16.4. The van der Waals surface area contributed by atoms with Crippen molar-refractivity contribution < 1.29 is 18.9 Å². The van der Waals surface area contributed by atoms with Crippen LogP contribution in [-0.4, -0.2) is 32.1 Å². The van der Waals surface area contributed by atoms with Crippen molar-refractivity contribution in [2.45, 2.75) is 25.2 Å². The van der Waals surface area contributed by atoms with E-state index in [9.17, 15) is 0 Å². The van der Waals surface area contributed by atoms with E-state index in [-0.39, 0.29) is 25.0 Å². The number of fused-ring (bicyclic) bond motifs is 2. The molecule has 0 unspecified atom stereocenters. The van der Waals surface area contributed by atoms with Crippen molar-refractivity contribution in [3.8, 4) is 17.2 Å². The van der Waals surface area contributed by atoms with Gasteiger partial charge in [0.05, 0.1) is 6.10 Å². The molecule has 1 fully saturated rings. The Labute approximate surface area is 141 Å². The molecule has 1 saturated heterocycles. The van der Waals surface area contributed by atoms with E-state index >= 15 is 0 Å². The Balaban J connectivity index is 1.40. The van der Waals surface area contributed by atoms with E-state index in [4.69, 9.17) is 18.9 Å². The van der Waals surface area contributed by atoms with Crippen molar-refractivity contribution in [1.82, 2.24) is 5.32 Å². The van der Waals surface area contributed by atoms with Crippen LogP contribution in [0.4, 0.5) is 0 Å². The Hall–Kier alpha value is -2.24. The molecule has 5 nitrogen and oxygen atoms in total. The quantitative estimate of drug-likeness (QED) is 0.936. The highest BCUT2D eigenvalue weighted by Crippen LogP contribution is 2.34. The van der Waals surface area contributed by atoms with Crippen LogP contribution in [0.1, 0.15) is 18.6 Å². The number of hydrogen-bond acceptors (Lipinski definition) is 5. The van der Waals surface area contributed by atoms with Crippen LogP contribution in [0.3, 0.4) is 0 Å². The Kier molecular flexibility index (Phi) is 4.28. The van der Waals surface area contributed by atoms with E-state index in [0.29, 0.717) is 6.61 Å². The lowest BCUT2D eigenvalue weighted by molar-refractivity contribution is -0.0775. The summed E-state index contributed by atoms with van der Waals surface area (Å²) in [6, 6.07) is 16.2. The zero-order valence-electron chi connectivity index (χ0n) is 13.6. The highest BCUT2D eigenvalue weighted by molar-refractivity contribution is 5.46. The smallest absolute Gasteiger partial charge is 0.231 e. The first-order chi connectivity index (χ1) is 11.8. The van der Waals surface area contributed by atoms with E-state index in [0.717, 1.165) is 23.8 Å². The van der Waals surface area contributed by atoms with Gasteiger partial charge in [0.25, 0.3) is 0 Å². The van der Waals surface area contributed by atoms with Crippen LogP contribution in [-0.2, 0) is 4.74 Å². The number of hydrogen-bond donors (Lipinski definition) is 1. The summed E-state index contributed by atoms with van der Waals surface area (Å²) >= 11 is 0. The minimum absolute atomic E-state index is 0.0156. The minimum Gasteiger partial charge on any atom is -0.487 e. The molecule has 126 valence electrons. The molecule has 2 aliphatic rings. The van der Waals surface area contributed by atoms with Crippen LogP contribution in [0.25, 0.3) is 0 Å². The van der Waals surface area contributed by atoms with Crippen molar-refractivity contribution in [2.75, 3.05) is 19.9 Å². The minimum atomic E-state index is -0.0156. The average Bonchev–Trinajstić information content (AvgIpc) is 2.63. The molecular weight excluding hydrogens is 306 g/mol. The third kappa shape index (κ3) is 3.18. The molecule has 5 heteroatoms. The van der Waals surface area contributed by atoms with Gasteiger partial charge in [-0.3, -0.25) is 0 Å². The fourth-order valence-electron chi connectivity index (χ4n) is 3.06. The van der Waals surface area contributed by atoms with Crippen LogP contribution in [0.15, 0.2) is 48.5 Å². The van der Waals surface area contributed by atoms with Gasteiger partial charge in [-0.05, 0) is 24.6 Å². The van der Waals surface area contributed by atoms with Crippen LogP contribution in [0.5, 0.6) is 17.2 Å². The standard InChI is InChI=1S/C19H21NO4/c1-13-19(14-5-3-2-4-6-14)24-16(10-20-13)11-21-17-8-7-15-9-18(17)23-12-22-15/h2-9,13,16,19-20H,10-12H2,1H3/t13-,16+,19-/m0/s1. The third-order valence-corrected chi connectivity index (χ3v) is 4.37. The van der Waals surface area contributed by atoms with Gasteiger partial charge in [-0.15, -0.1) is 0 Å². The first-order valence-electron chi connectivity index (χ1n) is 8.26. The molecule has 4 rings (SSSR count). The summed E-state index contributed by atoms with van der Waals surface area (Å²) in [5, 5.41) is 3.51. The van der Waals surface area contributed by atoms with E-state index in [2.05, 4.69) is 24.4 Å². The Morgan fingerprint density at radius 3 is 2.88 bits per heavy atom. The molecule has 0 radical (unpaired) electrons. The topological polar surface area (TPSA) is 49.0 Å². The normalized spacial score (nSPS) is 25.5. The molecular formula is C19H21NO4. The molecule has 0 amide bonds. The van der Waals surface area contributed by atoms with Gasteiger partial charge in [-0.1, -0.05) is 30.3 Å². The van der Waals surface area contributed by atoms with Crippen LogP contribution < -0.4 is 19.5 Å². The lowest BCUT2D eigenvalue weighted by Gasteiger charge is -2.36. The van der Waals surface area contributed by atoms with E-state index < -0.39 is 0 Å². The molecule has 3 atom stereocenters. The molecule has 0 saturated carbocycles. The molecule has 0 aliphatic carbocycles. The van der Waals surface area contributed by atoms with E-state index in [1.54, 1.807) is 0 Å². The Morgan fingerprint density at radius 1 is 1.12 bits per heavy atom. The molecule has 0 spiro atoms. The second-order valence-corrected chi connectivity index (χ2v) is 6.11. The summed E-state index contributed by atoms with van der Waals surface area (Å²) in [4.78, 5) is 0. The fourth-order valence-corrected chi connectivity index (χ4v) is 3.06. The second-order valence-electron chi connectivity index (χ2n) is 6.11. The lowest BCUT2D eigenvalue weighted by atomic mass is 10.0. The van der Waals surface area contributed by atoms with Crippen molar-refractivity contribution >= 4 is 0 Å². The Morgan fingerprint density at radius 2 is 2.00 bits per heavy atom. The maximum atomic E-state index is 6.26. The highest BCUT2D eigenvalue weighted by Gasteiger charge is 2.29. The summed E-state index contributed by atoms with van der Waals surface area (Å²) in [7, 11) is 0. The largest absolute Gasteiger partial charge is 0.487 e. The number of rotatable bonds is 4. The molecule has 2 aromatic carbocycles. The van der Waals surface area contributed by atoms with Crippen LogP contribution >= 0.6 is 0 Å². The maximum Gasteiger partial charge on any atom is 0.231 e. The summed E-state index contributed by atoms with van der Waals surface area (Å²) in [6.45, 7) is 3.61. The van der Waals surface area contributed by atoms with Gasteiger partial charge in [-0.25, -0.2) is 0 Å². The second kappa shape index (κ2) is 6.71. The monoisotopic (exact) mass is 327 g/mol. The van der Waals surface area contributed by atoms with Gasteiger partial charge in [0.15, 0.2) is 11.5 Å². The third-order valence-electron chi connectivity index (χ3n) is 4.37. The van der Waals surface area contributed by atoms with Crippen molar-refractivity contribution in [1.29, 1.82) is 0 Å². The zero-order valence-corrected chi connectivity index (χ0v) is 13.6. The molecule has 24 heavy (non-hydrogen) atoms. The molecule has 2 aromatic rings. The van der Waals surface area contributed by atoms with Gasteiger partial charge in [0.2, 0.25) is 6.79 Å². The predicted octanol–water partition coefficient (Wildman–Crippen LogP) is 2.91. The molecule has 2 heterocycles. The maximum absolute atomic E-state index is 6.26. The van der Waals surface area contributed by atoms with Gasteiger partial charge in [0.1, 0.15) is 18.5 Å². The van der Waals surface area contributed by atoms with Crippen molar-refractivity contribution in [3.63, 3.8) is 0 Å². The summed E-state index contributed by atoms with van der Waals surface area (Å²) in [5.74, 6) is 2.24. The molecule has 1 N–H and O–H groups in total. The lowest BCUT2D eigenvalue weighted by Crippen LogP contribution is -2.48. The van der Waals surface area contributed by atoms with Gasteiger partial charge >= 0.3 is 0 Å². The first kappa shape index (κ1) is 15.3. The number of nitrogens with one attached hydrogen (secondary N) is 1. The predicted molar refractivity (Wildman–Crippen MR) is 89.6 cm³/mol. The number of morpholine rings is 1. The molecule has 2 bridgehead atoms. The van der Waals surface area contributed by atoms with Gasteiger partial charge in [-0.2, -0.15) is 0 Å². The summed E-state index contributed by atoms with van der Waals surface area (Å²) < 4.78 is 22.9. The van der Waals surface area contributed by atoms with Crippen molar-refractivity contribution in [3.05, 3.63) is 54.1 Å². The van der Waals surface area contributed by atoms with E-state index in [1.807, 2.05) is 36.4 Å². The van der Waals surface area contributed by atoms with Crippen molar-refractivity contribution in [2.24, 2.45) is 0 Å². The first-order valence-corrected chi connectivity index (χ1v) is 8.26. The highest BCUT2D eigenvalue weighted by atomic mass is 16.7. The van der Waals surface area contributed by atoms with Crippen LogP contribution in [0.2, 0.25) is 0 Å². The van der Waals surface area contributed by atoms with Crippen LogP contribution in [0, 0.1) is 0 Å². The van der Waals surface area contributed by atoms with Gasteiger partial charge in [0, 0.05) is 18.7 Å². The Bertz CT molecular complexity index is 691.